The maximum absolute atomic E-state index is 12.9. The Morgan fingerprint density at radius 1 is 1.42 bits per heavy atom. The summed E-state index contributed by atoms with van der Waals surface area (Å²) in [5.41, 5.74) is 0.780. The molecule has 1 aliphatic rings. The number of hydrogen-bond donors (Lipinski definition) is 1. The molecular formula is C15H16N8O3. The first-order valence-electron chi connectivity index (χ1n) is 8.14. The van der Waals surface area contributed by atoms with Gasteiger partial charge in [0.25, 0.3) is 11.5 Å². The molecule has 1 atom stereocenters. The highest BCUT2D eigenvalue weighted by molar-refractivity contribution is 5.94. The fourth-order valence-corrected chi connectivity index (χ4v) is 3.12. The predicted octanol–water partition coefficient (Wildman–Crippen LogP) is 0.0784. The van der Waals surface area contributed by atoms with E-state index in [2.05, 4.69) is 30.4 Å². The van der Waals surface area contributed by atoms with Crippen LogP contribution in [-0.4, -0.2) is 52.4 Å². The van der Waals surface area contributed by atoms with Crippen molar-refractivity contribution in [2.24, 2.45) is 0 Å². The highest BCUT2D eigenvalue weighted by Gasteiger charge is 2.35. The Balaban J connectivity index is 1.58. The van der Waals surface area contributed by atoms with E-state index in [0.717, 1.165) is 12.8 Å². The second-order valence-electron chi connectivity index (χ2n) is 6.06. The third-order valence-electron chi connectivity index (χ3n) is 4.38. The second-order valence-corrected chi connectivity index (χ2v) is 6.06. The van der Waals surface area contributed by atoms with E-state index < -0.39 is 5.56 Å². The van der Waals surface area contributed by atoms with Crippen molar-refractivity contribution in [3.05, 3.63) is 52.0 Å². The Kier molecular flexibility index (Phi) is 4.03. The van der Waals surface area contributed by atoms with Crippen molar-refractivity contribution in [2.45, 2.75) is 32.4 Å². The number of aromatic nitrogens is 7. The summed E-state index contributed by atoms with van der Waals surface area (Å²) in [6.07, 6.45) is 5.78. The van der Waals surface area contributed by atoms with Gasteiger partial charge in [0, 0.05) is 12.7 Å². The molecule has 0 aromatic carbocycles. The summed E-state index contributed by atoms with van der Waals surface area (Å²) in [7, 11) is 0. The van der Waals surface area contributed by atoms with Crippen LogP contribution in [0.15, 0.2) is 28.3 Å². The standard InChI is InChI=1S/C15H16N8O3/c1-9-13(21-26-20-9)11-3-2-4-23(11)15(25)10-5-17-12(19-14(10)24)6-22-8-16-7-18-22/h5,7-8,11H,2-4,6H2,1H3,(H,17,19,24)/t11-/m1/s1. The molecule has 3 aromatic heterocycles. The average molecular weight is 356 g/mol. The molecule has 0 unspecified atom stereocenters. The summed E-state index contributed by atoms with van der Waals surface area (Å²) in [6, 6.07) is -0.247. The van der Waals surface area contributed by atoms with Gasteiger partial charge in [0.2, 0.25) is 0 Å². The molecular weight excluding hydrogens is 340 g/mol. The van der Waals surface area contributed by atoms with E-state index in [0.29, 0.717) is 23.8 Å². The lowest BCUT2D eigenvalue weighted by atomic mass is 10.1. The summed E-state index contributed by atoms with van der Waals surface area (Å²) in [5.74, 6) is 0.0162. The first-order valence-corrected chi connectivity index (χ1v) is 8.14. The van der Waals surface area contributed by atoms with Crippen molar-refractivity contribution in [3.63, 3.8) is 0 Å². The number of H-pyrrole nitrogens is 1. The summed E-state index contributed by atoms with van der Waals surface area (Å²) < 4.78 is 6.27. The molecule has 1 aliphatic heterocycles. The maximum atomic E-state index is 12.9. The molecule has 0 spiro atoms. The largest absolute Gasteiger partial charge is 0.330 e. The van der Waals surface area contributed by atoms with Crippen LogP contribution in [-0.2, 0) is 6.54 Å². The fourth-order valence-electron chi connectivity index (χ4n) is 3.12. The summed E-state index contributed by atoms with van der Waals surface area (Å²) in [6.45, 7) is 2.58. The van der Waals surface area contributed by atoms with Gasteiger partial charge in [-0.2, -0.15) is 5.10 Å². The van der Waals surface area contributed by atoms with E-state index >= 15 is 0 Å². The number of nitrogens with zero attached hydrogens (tertiary/aromatic N) is 7. The highest BCUT2D eigenvalue weighted by Crippen LogP contribution is 2.32. The minimum absolute atomic E-state index is 0.00616. The summed E-state index contributed by atoms with van der Waals surface area (Å²) >= 11 is 0. The molecule has 26 heavy (non-hydrogen) atoms. The lowest BCUT2D eigenvalue weighted by Crippen LogP contribution is -2.35. The van der Waals surface area contributed by atoms with Gasteiger partial charge in [0.15, 0.2) is 0 Å². The van der Waals surface area contributed by atoms with Crippen LogP contribution in [0.5, 0.6) is 0 Å². The Morgan fingerprint density at radius 2 is 2.31 bits per heavy atom. The van der Waals surface area contributed by atoms with E-state index in [1.165, 1.54) is 23.5 Å². The van der Waals surface area contributed by atoms with E-state index in [1.807, 2.05) is 0 Å². The molecule has 11 nitrogen and oxygen atoms in total. The summed E-state index contributed by atoms with van der Waals surface area (Å²) in [5, 5.41) is 11.6. The molecule has 0 bridgehead atoms. The smallest absolute Gasteiger partial charge is 0.263 e. The third-order valence-corrected chi connectivity index (χ3v) is 4.38. The number of aryl methyl sites for hydroxylation is 1. The zero-order chi connectivity index (χ0) is 18.1. The van der Waals surface area contributed by atoms with Crippen molar-refractivity contribution in [2.75, 3.05) is 6.54 Å². The molecule has 0 saturated carbocycles. The van der Waals surface area contributed by atoms with Crippen LogP contribution in [0.25, 0.3) is 0 Å². The monoisotopic (exact) mass is 356 g/mol. The van der Waals surface area contributed by atoms with Crippen LogP contribution in [0.1, 0.15) is 46.5 Å². The zero-order valence-corrected chi connectivity index (χ0v) is 14.0. The number of rotatable bonds is 4. The number of hydrogen-bond acceptors (Lipinski definition) is 8. The van der Waals surface area contributed by atoms with Gasteiger partial charge in [-0.15, -0.1) is 0 Å². The topological polar surface area (TPSA) is 136 Å². The van der Waals surface area contributed by atoms with Gasteiger partial charge < -0.3 is 9.88 Å². The van der Waals surface area contributed by atoms with Crippen LogP contribution in [0.3, 0.4) is 0 Å². The number of likely N-dealkylation sites (tertiary alicyclic amines) is 1. The Hall–Kier alpha value is -3.37. The van der Waals surface area contributed by atoms with Gasteiger partial charge in [0.05, 0.1) is 6.04 Å². The van der Waals surface area contributed by atoms with E-state index in [4.69, 9.17) is 4.63 Å². The predicted molar refractivity (Wildman–Crippen MR) is 86.0 cm³/mol. The van der Waals surface area contributed by atoms with E-state index in [9.17, 15) is 9.59 Å². The zero-order valence-electron chi connectivity index (χ0n) is 14.0. The van der Waals surface area contributed by atoms with Gasteiger partial charge >= 0.3 is 0 Å². The maximum Gasteiger partial charge on any atom is 0.263 e. The molecule has 1 saturated heterocycles. The second kappa shape index (κ2) is 6.50. The highest BCUT2D eigenvalue weighted by atomic mass is 16.6. The summed E-state index contributed by atoms with van der Waals surface area (Å²) in [4.78, 5) is 37.5. The molecule has 1 fully saturated rings. The number of aromatic amines is 1. The number of nitrogens with one attached hydrogen (secondary N) is 1. The van der Waals surface area contributed by atoms with Crippen LogP contribution >= 0.6 is 0 Å². The molecule has 0 radical (unpaired) electrons. The number of carbonyl (C=O) groups excluding carboxylic acids is 1. The van der Waals surface area contributed by atoms with Crippen molar-refractivity contribution in [3.8, 4) is 0 Å². The molecule has 0 aliphatic carbocycles. The van der Waals surface area contributed by atoms with E-state index in [-0.39, 0.29) is 24.1 Å². The quantitative estimate of drug-likeness (QED) is 0.694. The van der Waals surface area contributed by atoms with Crippen LogP contribution in [0.2, 0.25) is 0 Å². The van der Waals surface area contributed by atoms with Gasteiger partial charge in [-0.25, -0.2) is 19.3 Å². The van der Waals surface area contributed by atoms with Gasteiger partial charge in [-0.05, 0) is 19.8 Å². The number of carbonyl (C=O) groups is 1. The molecule has 4 rings (SSSR count). The van der Waals surface area contributed by atoms with Crippen LogP contribution < -0.4 is 5.56 Å². The van der Waals surface area contributed by atoms with Crippen molar-refractivity contribution < 1.29 is 9.42 Å². The van der Waals surface area contributed by atoms with Gasteiger partial charge in [-0.3, -0.25) is 9.59 Å². The Morgan fingerprint density at radius 3 is 3.00 bits per heavy atom. The van der Waals surface area contributed by atoms with Crippen molar-refractivity contribution in [1.29, 1.82) is 0 Å². The molecule has 134 valence electrons. The van der Waals surface area contributed by atoms with Gasteiger partial charge in [-0.1, -0.05) is 10.3 Å². The Labute approximate surface area is 147 Å². The molecule has 1 N–H and O–H groups in total. The van der Waals surface area contributed by atoms with Crippen LogP contribution in [0.4, 0.5) is 0 Å². The Bertz CT molecular complexity index is 977. The molecule has 1 amide bonds. The minimum Gasteiger partial charge on any atom is -0.330 e. The SMILES string of the molecule is Cc1nonc1[C@H]1CCCN1C(=O)c1cnc(Cn2cncn2)[nH]c1=O. The average Bonchev–Trinajstić information content (AvgIpc) is 3.35. The van der Waals surface area contributed by atoms with Gasteiger partial charge in [0.1, 0.15) is 42.0 Å². The van der Waals surface area contributed by atoms with E-state index in [1.54, 1.807) is 11.8 Å². The first kappa shape index (κ1) is 16.1. The lowest BCUT2D eigenvalue weighted by molar-refractivity contribution is 0.0728. The van der Waals surface area contributed by atoms with Crippen molar-refractivity contribution in [1.82, 2.24) is 39.9 Å². The lowest BCUT2D eigenvalue weighted by Gasteiger charge is -2.22. The normalized spacial score (nSPS) is 17.0. The minimum atomic E-state index is -0.485. The van der Waals surface area contributed by atoms with Crippen LogP contribution in [0, 0.1) is 6.92 Å². The van der Waals surface area contributed by atoms with Crippen molar-refractivity contribution >= 4 is 5.91 Å². The molecule has 3 aromatic rings. The third kappa shape index (κ3) is 2.87. The first-order chi connectivity index (χ1) is 12.6. The number of amides is 1. The molecule has 4 heterocycles. The molecule has 11 heteroatoms. The fraction of sp³-hybridized carbons (Fsp3) is 0.400.